The summed E-state index contributed by atoms with van der Waals surface area (Å²) in [6, 6.07) is 11.8. The first-order chi connectivity index (χ1) is 18.4. The second-order valence-corrected chi connectivity index (χ2v) is 12.9. The molecule has 3 N–H and O–H groups in total. The molecular formula is C26H35N5O8S. The van der Waals surface area contributed by atoms with Crippen molar-refractivity contribution in [3.05, 3.63) is 102 Å². The highest BCUT2D eigenvalue weighted by molar-refractivity contribution is 7.90. The van der Waals surface area contributed by atoms with Gasteiger partial charge >= 0.3 is 17.5 Å². The molecule has 0 saturated heterocycles. The van der Waals surface area contributed by atoms with Gasteiger partial charge in [-0.15, -0.1) is 0 Å². The predicted molar refractivity (Wildman–Crippen MR) is 150 cm³/mol. The number of hydrogen-bond acceptors (Lipinski definition) is 8. The van der Waals surface area contributed by atoms with Crippen molar-refractivity contribution in [1.82, 2.24) is 24.4 Å². The van der Waals surface area contributed by atoms with Crippen LogP contribution in [-0.2, 0) is 34.3 Å². The third-order valence-corrected chi connectivity index (χ3v) is 6.57. The lowest BCUT2D eigenvalue weighted by Gasteiger charge is -2.26. The van der Waals surface area contributed by atoms with E-state index in [0.717, 1.165) is 11.8 Å². The van der Waals surface area contributed by atoms with Crippen molar-refractivity contribution in [2.24, 2.45) is 5.41 Å². The maximum Gasteiger partial charge on any atom is 0.407 e. The summed E-state index contributed by atoms with van der Waals surface area (Å²) in [4.78, 5) is 61.2. The van der Waals surface area contributed by atoms with Crippen LogP contribution in [0.2, 0.25) is 0 Å². The molecule has 0 aliphatic carbocycles. The molecule has 2 aromatic heterocycles. The van der Waals surface area contributed by atoms with Crippen LogP contribution in [0, 0.1) is 5.41 Å². The quantitative estimate of drug-likeness (QED) is 0.334. The first-order valence-corrected chi connectivity index (χ1v) is 14.3. The Morgan fingerprint density at radius 1 is 0.850 bits per heavy atom. The van der Waals surface area contributed by atoms with Gasteiger partial charge in [0.15, 0.2) is 0 Å². The smallest absolute Gasteiger partial charge is 0.407 e. The molecule has 2 heterocycles. The summed E-state index contributed by atoms with van der Waals surface area (Å²) >= 11 is 0. The van der Waals surface area contributed by atoms with Crippen molar-refractivity contribution in [3.8, 4) is 0 Å². The van der Waals surface area contributed by atoms with Gasteiger partial charge in [-0.3, -0.25) is 24.1 Å². The predicted octanol–water partition coefficient (Wildman–Crippen LogP) is 0.849. The Kier molecular flexibility index (Phi) is 10.6. The number of alkyl carbamates (subject to hydrolysis) is 1. The molecule has 1 aromatic carbocycles. The SMILES string of the molecule is CC(C)(Cn1ccc(=O)[nH]c1=O)CS(C)(=O)=O.CC(C)(Cn1ccc(=O)[nH]c1=O)NC(=O)OCc1ccccc1. The number of rotatable bonds is 9. The largest absolute Gasteiger partial charge is 0.445 e. The van der Waals surface area contributed by atoms with Crippen LogP contribution >= 0.6 is 0 Å². The Bertz CT molecular complexity index is 1630. The van der Waals surface area contributed by atoms with E-state index in [4.69, 9.17) is 4.74 Å². The molecule has 3 rings (SSSR count). The maximum atomic E-state index is 11.9. The lowest BCUT2D eigenvalue weighted by atomic mass is 9.96. The summed E-state index contributed by atoms with van der Waals surface area (Å²) in [7, 11) is -3.11. The van der Waals surface area contributed by atoms with E-state index in [1.807, 2.05) is 30.3 Å². The zero-order valence-electron chi connectivity index (χ0n) is 23.1. The van der Waals surface area contributed by atoms with Gasteiger partial charge < -0.3 is 14.6 Å². The van der Waals surface area contributed by atoms with Crippen LogP contribution < -0.4 is 27.8 Å². The minimum absolute atomic E-state index is 0.0223. The molecular weight excluding hydrogens is 542 g/mol. The Morgan fingerprint density at radius 2 is 1.35 bits per heavy atom. The maximum absolute atomic E-state index is 11.9. The van der Waals surface area contributed by atoms with Crippen molar-refractivity contribution in [2.45, 2.75) is 52.9 Å². The lowest BCUT2D eigenvalue weighted by Crippen LogP contribution is -2.48. The Balaban J connectivity index is 0.000000294. The van der Waals surface area contributed by atoms with E-state index in [-0.39, 0.29) is 25.4 Å². The van der Waals surface area contributed by atoms with Crippen LogP contribution in [0.5, 0.6) is 0 Å². The number of benzene rings is 1. The zero-order chi connectivity index (χ0) is 30.1. The molecule has 0 unspecified atom stereocenters. The molecule has 40 heavy (non-hydrogen) atoms. The fraction of sp³-hybridized carbons (Fsp3) is 0.423. The fourth-order valence-corrected chi connectivity index (χ4v) is 5.37. The number of carbonyl (C=O) groups is 1. The Labute approximate surface area is 230 Å². The average molecular weight is 578 g/mol. The van der Waals surface area contributed by atoms with Gasteiger partial charge in [-0.2, -0.15) is 0 Å². The Hall–Kier alpha value is -4.20. The molecule has 218 valence electrons. The van der Waals surface area contributed by atoms with Crippen LogP contribution in [0.25, 0.3) is 0 Å². The number of aromatic nitrogens is 4. The number of hydrogen-bond donors (Lipinski definition) is 3. The standard InChI is InChI=1S/C16H19N3O4.C10H16N2O4S/c1-16(2,11-19-9-8-13(20)17-14(19)21)18-15(22)23-10-12-6-4-3-5-7-12;1-10(2,7-17(3,15)16)6-12-5-4-8(13)11-9(12)14/h3-9H,10-11H2,1-2H3,(H,18,22)(H,17,20,21);4-5H,6-7H2,1-3H3,(H,11,13,14). The molecule has 0 aliphatic heterocycles. The molecule has 0 bridgehead atoms. The van der Waals surface area contributed by atoms with Gasteiger partial charge in [-0.05, 0) is 24.8 Å². The normalized spacial score (nSPS) is 11.7. The number of sulfone groups is 1. The van der Waals surface area contributed by atoms with Crippen LogP contribution in [0.15, 0.2) is 74.0 Å². The monoisotopic (exact) mass is 577 g/mol. The number of H-pyrrole nitrogens is 2. The summed E-state index contributed by atoms with van der Waals surface area (Å²) in [5.41, 5.74) is -2.39. The highest BCUT2D eigenvalue weighted by Gasteiger charge is 2.25. The number of ether oxygens (including phenoxy) is 1. The molecule has 1 amide bonds. The van der Waals surface area contributed by atoms with Crippen molar-refractivity contribution in [2.75, 3.05) is 12.0 Å². The van der Waals surface area contributed by atoms with E-state index in [2.05, 4.69) is 15.3 Å². The molecule has 14 heteroatoms. The van der Waals surface area contributed by atoms with Crippen molar-refractivity contribution >= 4 is 15.9 Å². The van der Waals surface area contributed by atoms with Crippen molar-refractivity contribution in [1.29, 1.82) is 0 Å². The molecule has 0 fully saturated rings. The summed E-state index contributed by atoms with van der Waals surface area (Å²) in [5, 5.41) is 2.70. The van der Waals surface area contributed by atoms with E-state index in [9.17, 15) is 32.4 Å². The third kappa shape index (κ3) is 11.7. The highest BCUT2D eigenvalue weighted by Crippen LogP contribution is 2.19. The van der Waals surface area contributed by atoms with E-state index in [1.165, 1.54) is 33.7 Å². The van der Waals surface area contributed by atoms with Gasteiger partial charge in [0, 0.05) is 43.9 Å². The summed E-state index contributed by atoms with van der Waals surface area (Å²) < 4.78 is 30.2. The van der Waals surface area contributed by atoms with Crippen LogP contribution in [0.4, 0.5) is 4.79 Å². The first-order valence-electron chi connectivity index (χ1n) is 12.2. The van der Waals surface area contributed by atoms with Crippen molar-refractivity contribution < 1.29 is 17.9 Å². The van der Waals surface area contributed by atoms with Crippen LogP contribution in [0.3, 0.4) is 0 Å². The van der Waals surface area contributed by atoms with E-state index in [0.29, 0.717) is 0 Å². The number of amides is 1. The van der Waals surface area contributed by atoms with Gasteiger partial charge in [0.2, 0.25) is 0 Å². The van der Waals surface area contributed by atoms with Crippen molar-refractivity contribution in [3.63, 3.8) is 0 Å². The van der Waals surface area contributed by atoms with Gasteiger partial charge in [0.05, 0.1) is 11.3 Å². The topological polar surface area (TPSA) is 182 Å². The minimum Gasteiger partial charge on any atom is -0.445 e. The molecule has 0 atom stereocenters. The lowest BCUT2D eigenvalue weighted by molar-refractivity contribution is 0.127. The van der Waals surface area contributed by atoms with Gasteiger partial charge in [0.1, 0.15) is 16.4 Å². The van der Waals surface area contributed by atoms with Gasteiger partial charge in [-0.25, -0.2) is 22.8 Å². The summed E-state index contributed by atoms with van der Waals surface area (Å²) in [6.07, 6.45) is 3.34. The van der Waals surface area contributed by atoms with Gasteiger partial charge in [0.25, 0.3) is 11.1 Å². The van der Waals surface area contributed by atoms with E-state index in [1.54, 1.807) is 27.7 Å². The second kappa shape index (κ2) is 13.2. The van der Waals surface area contributed by atoms with E-state index >= 15 is 0 Å². The third-order valence-electron chi connectivity index (χ3n) is 5.26. The minimum atomic E-state index is -3.11. The summed E-state index contributed by atoms with van der Waals surface area (Å²) in [5.74, 6) is -0.0223. The number of carbonyl (C=O) groups excluding carboxylic acids is 1. The fourth-order valence-electron chi connectivity index (χ4n) is 3.85. The summed E-state index contributed by atoms with van der Waals surface area (Å²) in [6.45, 7) is 7.62. The number of nitrogens with one attached hydrogen (secondary N) is 3. The first kappa shape index (κ1) is 32.0. The zero-order valence-corrected chi connectivity index (χ0v) is 23.9. The molecule has 13 nitrogen and oxygen atoms in total. The molecule has 0 aliphatic rings. The molecule has 0 spiro atoms. The number of nitrogens with zero attached hydrogens (tertiary/aromatic N) is 2. The van der Waals surface area contributed by atoms with Crippen LogP contribution in [-0.4, -0.2) is 51.2 Å². The average Bonchev–Trinajstić information content (AvgIpc) is 2.81. The highest BCUT2D eigenvalue weighted by atomic mass is 32.2. The number of aromatic amines is 2. The van der Waals surface area contributed by atoms with E-state index < -0.39 is 49.4 Å². The Morgan fingerprint density at radius 3 is 1.82 bits per heavy atom. The van der Waals surface area contributed by atoms with Gasteiger partial charge in [-0.1, -0.05) is 44.2 Å². The molecule has 0 radical (unpaired) electrons. The molecule has 3 aromatic rings. The van der Waals surface area contributed by atoms with Crippen LogP contribution in [0.1, 0.15) is 33.3 Å². The second-order valence-electron chi connectivity index (χ2n) is 10.8. The molecule has 0 saturated carbocycles.